The molecule has 1 aliphatic rings. The predicted octanol–water partition coefficient (Wildman–Crippen LogP) is 4.03. The average Bonchev–Trinajstić information content (AvgIpc) is 2.75. The van der Waals surface area contributed by atoms with Crippen LogP contribution in [0, 0.1) is 5.82 Å². The van der Waals surface area contributed by atoms with Gasteiger partial charge in [0.2, 0.25) is 0 Å². The van der Waals surface area contributed by atoms with Gasteiger partial charge in [0.05, 0.1) is 0 Å². The zero-order valence-electron chi connectivity index (χ0n) is 17.2. The zero-order valence-corrected chi connectivity index (χ0v) is 17.2. The summed E-state index contributed by atoms with van der Waals surface area (Å²) in [7, 11) is 0. The van der Waals surface area contributed by atoms with Gasteiger partial charge in [0.1, 0.15) is 18.2 Å². The minimum Gasteiger partial charge on any atom is -0.492 e. The first-order valence-electron chi connectivity index (χ1n) is 10.3. The second-order valence-corrected chi connectivity index (χ2v) is 7.28. The second kappa shape index (κ2) is 10.9. The molecule has 1 unspecified atom stereocenters. The molecule has 160 valence electrons. The van der Waals surface area contributed by atoms with Crippen LogP contribution >= 0.6 is 0 Å². The van der Waals surface area contributed by atoms with Crippen LogP contribution in [0.1, 0.15) is 24.5 Å². The summed E-state index contributed by atoms with van der Waals surface area (Å²) in [6, 6.07) is 14.1. The van der Waals surface area contributed by atoms with Gasteiger partial charge in [0.15, 0.2) is 6.10 Å². The number of halogens is 1. The lowest BCUT2D eigenvalue weighted by molar-refractivity contribution is -0.149. The van der Waals surface area contributed by atoms with Crippen molar-refractivity contribution in [1.82, 2.24) is 4.90 Å². The smallest absolute Gasteiger partial charge is 0.333 e. The summed E-state index contributed by atoms with van der Waals surface area (Å²) in [5.41, 5.74) is 3.17. The van der Waals surface area contributed by atoms with Crippen LogP contribution in [0.5, 0.6) is 5.75 Å². The summed E-state index contributed by atoms with van der Waals surface area (Å²) in [5, 5.41) is 9.19. The van der Waals surface area contributed by atoms with E-state index in [-0.39, 0.29) is 5.82 Å². The maximum absolute atomic E-state index is 13.1. The molecule has 0 saturated carbocycles. The highest BCUT2D eigenvalue weighted by Gasteiger charge is 2.18. The average molecular weight is 413 g/mol. The van der Waals surface area contributed by atoms with Gasteiger partial charge < -0.3 is 14.6 Å². The number of hydrogen-bond donors (Lipinski definition) is 1. The molecule has 1 N–H and O–H groups in total. The van der Waals surface area contributed by atoms with Gasteiger partial charge in [-0.1, -0.05) is 30.3 Å². The Morgan fingerprint density at radius 1 is 1.17 bits per heavy atom. The van der Waals surface area contributed by atoms with E-state index in [4.69, 9.17) is 9.47 Å². The molecule has 3 rings (SSSR count). The van der Waals surface area contributed by atoms with Crippen molar-refractivity contribution in [3.05, 3.63) is 71.6 Å². The minimum atomic E-state index is -0.951. The summed E-state index contributed by atoms with van der Waals surface area (Å²) in [6.07, 6.45) is 2.68. The van der Waals surface area contributed by atoms with Gasteiger partial charge in [0.25, 0.3) is 0 Å². The molecular formula is C24H28FNO4. The zero-order chi connectivity index (χ0) is 21.3. The third-order valence-electron chi connectivity index (χ3n) is 5.11. The number of carboxylic acids is 1. The first-order chi connectivity index (χ1) is 14.5. The van der Waals surface area contributed by atoms with E-state index in [0.717, 1.165) is 42.9 Å². The Morgan fingerprint density at radius 3 is 2.57 bits per heavy atom. The van der Waals surface area contributed by atoms with Crippen molar-refractivity contribution in [1.29, 1.82) is 0 Å². The van der Waals surface area contributed by atoms with Gasteiger partial charge in [-0.05, 0) is 54.3 Å². The maximum atomic E-state index is 13.1. The van der Waals surface area contributed by atoms with Crippen molar-refractivity contribution in [2.45, 2.75) is 25.9 Å². The molecule has 30 heavy (non-hydrogen) atoms. The largest absolute Gasteiger partial charge is 0.492 e. The first-order valence-corrected chi connectivity index (χ1v) is 10.3. The Bertz CT molecular complexity index is 849. The highest BCUT2D eigenvalue weighted by Crippen LogP contribution is 2.21. The van der Waals surface area contributed by atoms with Crippen LogP contribution in [0.3, 0.4) is 0 Å². The van der Waals surface area contributed by atoms with Crippen LogP contribution in [-0.2, 0) is 16.0 Å². The van der Waals surface area contributed by atoms with Crippen molar-refractivity contribution in [3.8, 4) is 5.75 Å². The molecule has 0 fully saturated rings. The van der Waals surface area contributed by atoms with E-state index in [1.165, 1.54) is 17.7 Å². The monoisotopic (exact) mass is 413 g/mol. The first kappa shape index (κ1) is 22.0. The fourth-order valence-electron chi connectivity index (χ4n) is 3.52. The summed E-state index contributed by atoms with van der Waals surface area (Å²) in [6.45, 7) is 5.31. The number of aliphatic carboxylic acids is 1. The van der Waals surface area contributed by atoms with Crippen molar-refractivity contribution in [2.75, 3.05) is 32.8 Å². The highest BCUT2D eigenvalue weighted by atomic mass is 19.1. The summed E-state index contributed by atoms with van der Waals surface area (Å²) >= 11 is 0. The van der Waals surface area contributed by atoms with E-state index < -0.39 is 12.1 Å². The molecule has 0 aliphatic carbocycles. The lowest BCUT2D eigenvalue weighted by atomic mass is 10.0. The topological polar surface area (TPSA) is 59.0 Å². The molecule has 6 heteroatoms. The maximum Gasteiger partial charge on any atom is 0.333 e. The van der Waals surface area contributed by atoms with Gasteiger partial charge >= 0.3 is 5.97 Å². The number of rotatable bonds is 10. The summed E-state index contributed by atoms with van der Waals surface area (Å²) in [4.78, 5) is 13.5. The van der Waals surface area contributed by atoms with E-state index in [1.54, 1.807) is 6.92 Å². The molecule has 1 atom stereocenters. The van der Waals surface area contributed by atoms with Gasteiger partial charge in [0, 0.05) is 32.7 Å². The highest BCUT2D eigenvalue weighted by molar-refractivity contribution is 5.72. The Morgan fingerprint density at radius 2 is 1.90 bits per heavy atom. The van der Waals surface area contributed by atoms with Crippen molar-refractivity contribution in [3.63, 3.8) is 0 Å². The molecule has 1 heterocycles. The van der Waals surface area contributed by atoms with E-state index in [1.807, 2.05) is 36.4 Å². The molecule has 1 aliphatic heterocycles. The molecule has 2 aromatic rings. The number of carboxylic acid groups (broad SMARTS) is 1. The van der Waals surface area contributed by atoms with Crippen molar-refractivity contribution >= 4 is 11.5 Å². The summed E-state index contributed by atoms with van der Waals surface area (Å²) < 4.78 is 24.3. The van der Waals surface area contributed by atoms with E-state index in [9.17, 15) is 14.3 Å². The fourth-order valence-corrected chi connectivity index (χ4v) is 3.52. The molecule has 0 saturated heterocycles. The van der Waals surface area contributed by atoms with Gasteiger partial charge in [-0.15, -0.1) is 0 Å². The van der Waals surface area contributed by atoms with Gasteiger partial charge in [-0.25, -0.2) is 9.18 Å². The molecule has 5 nitrogen and oxygen atoms in total. The van der Waals surface area contributed by atoms with Crippen LogP contribution in [0.4, 0.5) is 4.39 Å². The Balaban J connectivity index is 1.45. The van der Waals surface area contributed by atoms with Crippen LogP contribution < -0.4 is 4.74 Å². The number of carbonyl (C=O) groups is 1. The quantitative estimate of drug-likeness (QED) is 0.637. The number of benzene rings is 2. The van der Waals surface area contributed by atoms with Gasteiger partial charge in [-0.3, -0.25) is 4.90 Å². The van der Waals surface area contributed by atoms with Crippen LogP contribution in [-0.4, -0.2) is 54.9 Å². The third kappa shape index (κ3) is 6.40. The molecule has 0 radical (unpaired) electrons. The Hall–Kier alpha value is -2.70. The lowest BCUT2D eigenvalue weighted by Gasteiger charge is -2.27. The molecule has 0 amide bonds. The summed E-state index contributed by atoms with van der Waals surface area (Å²) in [5.74, 6) is -0.413. The normalized spacial score (nSPS) is 15.5. The van der Waals surface area contributed by atoms with E-state index >= 15 is 0 Å². The third-order valence-corrected chi connectivity index (χ3v) is 5.11. The van der Waals surface area contributed by atoms with Crippen LogP contribution in [0.25, 0.3) is 5.57 Å². The van der Waals surface area contributed by atoms with E-state index in [0.29, 0.717) is 19.6 Å². The molecular weight excluding hydrogens is 385 g/mol. The molecule has 0 spiro atoms. The van der Waals surface area contributed by atoms with Crippen LogP contribution in [0.2, 0.25) is 0 Å². The predicted molar refractivity (Wildman–Crippen MR) is 114 cm³/mol. The standard InChI is InChI=1S/C24H28FNO4/c1-2-29-23(24(27)28)16-18-5-11-22(12-6-18)30-15-14-26-13-3-4-20(17-26)19-7-9-21(25)10-8-19/h4-12,23H,2-3,13-17H2,1H3,(H,27,28). The fraction of sp³-hybridized carbons (Fsp3) is 0.375. The molecule has 2 aromatic carbocycles. The molecule has 0 bridgehead atoms. The van der Waals surface area contributed by atoms with Crippen LogP contribution in [0.15, 0.2) is 54.6 Å². The SMILES string of the molecule is CCOC(Cc1ccc(OCCN2CCC=C(c3ccc(F)cc3)C2)cc1)C(=O)O. The Labute approximate surface area is 176 Å². The van der Waals surface area contributed by atoms with Crippen molar-refractivity contribution < 1.29 is 23.8 Å². The number of ether oxygens (including phenoxy) is 2. The van der Waals surface area contributed by atoms with Crippen molar-refractivity contribution in [2.24, 2.45) is 0 Å². The number of hydrogen-bond acceptors (Lipinski definition) is 4. The lowest BCUT2D eigenvalue weighted by Crippen LogP contribution is -2.33. The second-order valence-electron chi connectivity index (χ2n) is 7.28. The number of nitrogens with zero attached hydrogens (tertiary/aromatic N) is 1. The molecule has 0 aromatic heterocycles. The minimum absolute atomic E-state index is 0.220. The van der Waals surface area contributed by atoms with E-state index in [2.05, 4.69) is 11.0 Å². The Kier molecular flexibility index (Phi) is 7.99. The van der Waals surface area contributed by atoms with Gasteiger partial charge in [-0.2, -0.15) is 0 Å².